The number of nitrogens with one attached hydrogen (secondary N) is 1. The molecule has 3 nitrogen and oxygen atoms in total. The number of hydrogen-bond acceptors (Lipinski definition) is 3. The van der Waals surface area contributed by atoms with Crippen molar-refractivity contribution in [3.05, 3.63) is 23.8 Å². The van der Waals surface area contributed by atoms with E-state index in [9.17, 15) is 0 Å². The standard InChI is InChI=1S/C19H31NO2/c1-7-14(4)21-15-8-9-18-16(10-15)17(20-12-13(2)3)11-19(5,6)22-18/h8-10,13-14,17,20H,7,11-12H2,1-6H3. The lowest BCUT2D eigenvalue weighted by molar-refractivity contribution is 0.0651. The van der Waals surface area contributed by atoms with Gasteiger partial charge in [-0.3, -0.25) is 0 Å². The molecule has 2 unspecified atom stereocenters. The first-order valence-corrected chi connectivity index (χ1v) is 8.53. The van der Waals surface area contributed by atoms with E-state index in [4.69, 9.17) is 9.47 Å². The van der Waals surface area contributed by atoms with Gasteiger partial charge in [0.2, 0.25) is 0 Å². The van der Waals surface area contributed by atoms with E-state index in [0.717, 1.165) is 30.9 Å². The van der Waals surface area contributed by atoms with E-state index in [2.05, 4.69) is 59.0 Å². The first-order valence-electron chi connectivity index (χ1n) is 8.53. The van der Waals surface area contributed by atoms with E-state index in [1.807, 2.05) is 6.07 Å². The molecule has 0 saturated carbocycles. The maximum Gasteiger partial charge on any atom is 0.125 e. The predicted octanol–water partition coefficient (Wildman–Crippen LogP) is 4.71. The summed E-state index contributed by atoms with van der Waals surface area (Å²) in [6, 6.07) is 6.54. The van der Waals surface area contributed by atoms with Crippen LogP contribution in [0.1, 0.15) is 66.0 Å². The van der Waals surface area contributed by atoms with E-state index in [1.165, 1.54) is 5.56 Å². The van der Waals surface area contributed by atoms with Crippen LogP contribution >= 0.6 is 0 Å². The van der Waals surface area contributed by atoms with Crippen LogP contribution in [0, 0.1) is 5.92 Å². The highest BCUT2D eigenvalue weighted by molar-refractivity contribution is 5.44. The zero-order valence-corrected chi connectivity index (χ0v) is 14.9. The molecule has 3 heteroatoms. The second-order valence-corrected chi connectivity index (χ2v) is 7.46. The normalized spacial score (nSPS) is 21.1. The highest BCUT2D eigenvalue weighted by Gasteiger charge is 2.33. The first kappa shape index (κ1) is 17.1. The van der Waals surface area contributed by atoms with Crippen molar-refractivity contribution in [1.82, 2.24) is 5.32 Å². The fourth-order valence-corrected chi connectivity index (χ4v) is 2.78. The Morgan fingerprint density at radius 2 is 2.05 bits per heavy atom. The molecule has 0 radical (unpaired) electrons. The molecule has 1 aromatic carbocycles. The summed E-state index contributed by atoms with van der Waals surface area (Å²) < 4.78 is 12.1. The highest BCUT2D eigenvalue weighted by Crippen LogP contribution is 2.41. The molecule has 2 atom stereocenters. The van der Waals surface area contributed by atoms with Gasteiger partial charge >= 0.3 is 0 Å². The van der Waals surface area contributed by atoms with Gasteiger partial charge in [-0.25, -0.2) is 0 Å². The lowest BCUT2D eigenvalue weighted by Gasteiger charge is -2.38. The molecule has 0 aromatic heterocycles. The van der Waals surface area contributed by atoms with Gasteiger partial charge in [0.05, 0.1) is 6.10 Å². The van der Waals surface area contributed by atoms with Gasteiger partial charge in [-0.05, 0) is 57.9 Å². The molecule has 1 aliphatic rings. The number of fused-ring (bicyclic) bond motifs is 1. The summed E-state index contributed by atoms with van der Waals surface area (Å²) in [6.07, 6.45) is 2.22. The lowest BCUT2D eigenvalue weighted by atomic mass is 9.89. The molecule has 22 heavy (non-hydrogen) atoms. The SMILES string of the molecule is CCC(C)Oc1ccc2c(c1)C(NCC(C)C)CC(C)(C)O2. The van der Waals surface area contributed by atoms with E-state index in [1.54, 1.807) is 0 Å². The predicted molar refractivity (Wildman–Crippen MR) is 91.7 cm³/mol. The molecule has 0 spiro atoms. The second-order valence-electron chi connectivity index (χ2n) is 7.46. The molecular formula is C19H31NO2. The van der Waals surface area contributed by atoms with Gasteiger partial charge in [0.25, 0.3) is 0 Å². The molecule has 0 saturated heterocycles. The largest absolute Gasteiger partial charge is 0.491 e. The van der Waals surface area contributed by atoms with Gasteiger partial charge in [-0.2, -0.15) is 0 Å². The van der Waals surface area contributed by atoms with E-state index >= 15 is 0 Å². The molecule has 0 aliphatic carbocycles. The molecule has 124 valence electrons. The van der Waals surface area contributed by atoms with Gasteiger partial charge in [0.15, 0.2) is 0 Å². The zero-order valence-electron chi connectivity index (χ0n) is 14.9. The fraction of sp³-hybridized carbons (Fsp3) is 0.684. The van der Waals surface area contributed by atoms with Crippen molar-refractivity contribution < 1.29 is 9.47 Å². The maximum absolute atomic E-state index is 6.15. The van der Waals surface area contributed by atoms with E-state index < -0.39 is 0 Å². The molecule has 1 aliphatic heterocycles. The summed E-state index contributed by atoms with van der Waals surface area (Å²) in [6.45, 7) is 14.0. The third-order valence-corrected chi connectivity index (χ3v) is 4.12. The summed E-state index contributed by atoms with van der Waals surface area (Å²) in [5, 5.41) is 3.69. The van der Waals surface area contributed by atoms with Crippen LogP contribution in [0.2, 0.25) is 0 Å². The van der Waals surface area contributed by atoms with E-state index in [-0.39, 0.29) is 11.7 Å². The lowest BCUT2D eigenvalue weighted by Crippen LogP contribution is -2.40. The Labute approximate surface area is 135 Å². The summed E-state index contributed by atoms with van der Waals surface area (Å²) in [5.74, 6) is 2.55. The number of hydrogen-bond donors (Lipinski definition) is 1. The molecule has 0 amide bonds. The average molecular weight is 305 g/mol. The van der Waals surface area contributed by atoms with Crippen molar-refractivity contribution in [2.24, 2.45) is 5.92 Å². The van der Waals surface area contributed by atoms with Crippen molar-refractivity contribution in [2.75, 3.05) is 6.54 Å². The Morgan fingerprint density at radius 3 is 2.68 bits per heavy atom. The number of rotatable bonds is 6. The van der Waals surface area contributed by atoms with Crippen LogP contribution in [0.3, 0.4) is 0 Å². The van der Waals surface area contributed by atoms with Gasteiger partial charge in [0, 0.05) is 18.0 Å². The third kappa shape index (κ3) is 4.39. The Kier molecular flexibility index (Phi) is 5.38. The Hall–Kier alpha value is -1.22. The zero-order chi connectivity index (χ0) is 16.3. The summed E-state index contributed by atoms with van der Waals surface area (Å²) in [7, 11) is 0. The molecular weight excluding hydrogens is 274 g/mol. The molecule has 0 fully saturated rings. The molecule has 2 rings (SSSR count). The molecule has 1 aromatic rings. The van der Waals surface area contributed by atoms with Crippen LogP contribution < -0.4 is 14.8 Å². The quantitative estimate of drug-likeness (QED) is 0.825. The second kappa shape index (κ2) is 6.91. The molecule has 0 bridgehead atoms. The Bertz CT molecular complexity index is 496. The molecule has 1 heterocycles. The minimum absolute atomic E-state index is 0.138. The fourth-order valence-electron chi connectivity index (χ4n) is 2.78. The van der Waals surface area contributed by atoms with Gasteiger partial charge < -0.3 is 14.8 Å². The van der Waals surface area contributed by atoms with Crippen LogP contribution in [-0.4, -0.2) is 18.2 Å². The van der Waals surface area contributed by atoms with Crippen molar-refractivity contribution in [3.63, 3.8) is 0 Å². The third-order valence-electron chi connectivity index (χ3n) is 4.12. The molecule has 1 N–H and O–H groups in total. The van der Waals surface area contributed by atoms with Crippen molar-refractivity contribution in [2.45, 2.75) is 72.1 Å². The first-order chi connectivity index (χ1) is 10.3. The van der Waals surface area contributed by atoms with Crippen LogP contribution in [0.4, 0.5) is 0 Å². The van der Waals surface area contributed by atoms with Crippen LogP contribution in [0.5, 0.6) is 11.5 Å². The van der Waals surface area contributed by atoms with Gasteiger partial charge in [-0.1, -0.05) is 20.8 Å². The number of benzene rings is 1. The topological polar surface area (TPSA) is 30.5 Å². The smallest absolute Gasteiger partial charge is 0.125 e. The van der Waals surface area contributed by atoms with Crippen molar-refractivity contribution in [3.8, 4) is 11.5 Å². The average Bonchev–Trinajstić information content (AvgIpc) is 2.44. The minimum Gasteiger partial charge on any atom is -0.491 e. The van der Waals surface area contributed by atoms with E-state index in [0.29, 0.717) is 12.0 Å². The van der Waals surface area contributed by atoms with Crippen molar-refractivity contribution >= 4 is 0 Å². The minimum atomic E-state index is -0.138. The highest BCUT2D eigenvalue weighted by atomic mass is 16.5. The number of ether oxygens (including phenoxy) is 2. The van der Waals surface area contributed by atoms with Crippen LogP contribution in [0.15, 0.2) is 18.2 Å². The maximum atomic E-state index is 6.15. The van der Waals surface area contributed by atoms with Gasteiger partial charge in [-0.15, -0.1) is 0 Å². The van der Waals surface area contributed by atoms with Gasteiger partial charge in [0.1, 0.15) is 17.1 Å². The summed E-state index contributed by atoms with van der Waals surface area (Å²) in [4.78, 5) is 0. The monoisotopic (exact) mass is 305 g/mol. The Morgan fingerprint density at radius 1 is 1.32 bits per heavy atom. The Balaban J connectivity index is 2.24. The van der Waals surface area contributed by atoms with Crippen LogP contribution in [-0.2, 0) is 0 Å². The summed E-state index contributed by atoms with van der Waals surface area (Å²) >= 11 is 0. The van der Waals surface area contributed by atoms with Crippen LogP contribution in [0.25, 0.3) is 0 Å². The summed E-state index contributed by atoms with van der Waals surface area (Å²) in [5.41, 5.74) is 1.08. The van der Waals surface area contributed by atoms with Crippen molar-refractivity contribution in [1.29, 1.82) is 0 Å².